The van der Waals surface area contributed by atoms with E-state index in [0.717, 1.165) is 30.8 Å². The van der Waals surface area contributed by atoms with Gasteiger partial charge in [0.05, 0.1) is 31.4 Å². The van der Waals surface area contributed by atoms with Crippen molar-refractivity contribution >= 4 is 11.6 Å². The Morgan fingerprint density at radius 2 is 2.05 bits per heavy atom. The molecule has 0 spiro atoms. The highest BCUT2D eigenvalue weighted by Gasteiger charge is 2.43. The average molecular weight is 565 g/mol. The van der Waals surface area contributed by atoms with Gasteiger partial charge in [-0.3, -0.25) is 9.69 Å². The van der Waals surface area contributed by atoms with E-state index in [2.05, 4.69) is 21.2 Å². The number of nitrogens with zero attached hydrogens (tertiary/aromatic N) is 6. The van der Waals surface area contributed by atoms with E-state index in [1.165, 1.54) is 11.0 Å². The van der Waals surface area contributed by atoms with E-state index in [9.17, 15) is 18.0 Å². The van der Waals surface area contributed by atoms with Gasteiger partial charge in [0.1, 0.15) is 12.2 Å². The lowest BCUT2D eigenvalue weighted by Gasteiger charge is -2.42. The summed E-state index contributed by atoms with van der Waals surface area (Å²) in [4.78, 5) is 17.2. The molecule has 0 aliphatic carbocycles. The van der Waals surface area contributed by atoms with Crippen LogP contribution in [0.1, 0.15) is 57.7 Å². The van der Waals surface area contributed by atoms with Crippen molar-refractivity contribution in [2.24, 2.45) is 13.0 Å². The van der Waals surface area contributed by atoms with E-state index in [-0.39, 0.29) is 29.0 Å². The van der Waals surface area contributed by atoms with Crippen LogP contribution in [0.4, 0.5) is 18.9 Å². The molecular weight excluding hydrogens is 533 g/mol. The van der Waals surface area contributed by atoms with Gasteiger partial charge >= 0.3 is 6.18 Å². The maximum Gasteiger partial charge on any atom is 0.416 e. The number of ether oxygens (including phenoxy) is 1. The zero-order chi connectivity index (χ0) is 28.8. The third-order valence-electron chi connectivity index (χ3n) is 8.62. The van der Waals surface area contributed by atoms with E-state index < -0.39 is 17.6 Å². The Balaban J connectivity index is 1.29. The van der Waals surface area contributed by atoms with Crippen LogP contribution >= 0.6 is 0 Å². The SMILES string of the molecule is Cn1cnnc1CC1(c2cccc(N3Cc4c(cc(CN5CCCC(CC#N)C5)cc4C(F)(F)F)C3=O)c2)COC1. The molecule has 3 aromatic rings. The molecule has 3 aliphatic heterocycles. The van der Waals surface area contributed by atoms with Crippen LogP contribution < -0.4 is 4.90 Å². The van der Waals surface area contributed by atoms with E-state index in [4.69, 9.17) is 10.00 Å². The van der Waals surface area contributed by atoms with Crippen LogP contribution in [0.15, 0.2) is 42.7 Å². The summed E-state index contributed by atoms with van der Waals surface area (Å²) >= 11 is 0. The molecule has 1 unspecified atom stereocenters. The highest BCUT2D eigenvalue weighted by Crippen LogP contribution is 2.42. The van der Waals surface area contributed by atoms with E-state index in [1.807, 2.05) is 29.8 Å². The fourth-order valence-electron chi connectivity index (χ4n) is 6.36. The van der Waals surface area contributed by atoms with Crippen molar-refractivity contribution in [1.82, 2.24) is 19.7 Å². The average Bonchev–Trinajstić information content (AvgIpc) is 3.48. The Bertz CT molecular complexity index is 1510. The summed E-state index contributed by atoms with van der Waals surface area (Å²) in [6.07, 6.45) is -0.0773. The van der Waals surface area contributed by atoms with Gasteiger partial charge in [0.2, 0.25) is 0 Å². The maximum absolute atomic E-state index is 14.3. The first-order chi connectivity index (χ1) is 19.7. The molecule has 41 heavy (non-hydrogen) atoms. The lowest BCUT2D eigenvalue weighted by atomic mass is 9.75. The Morgan fingerprint density at radius 1 is 1.22 bits per heavy atom. The number of benzene rings is 2. The number of alkyl halides is 3. The molecule has 6 rings (SSSR count). The molecule has 4 heterocycles. The molecule has 3 aliphatic rings. The summed E-state index contributed by atoms with van der Waals surface area (Å²) in [5.74, 6) is 0.587. The molecule has 1 amide bonds. The minimum atomic E-state index is -4.59. The zero-order valence-electron chi connectivity index (χ0n) is 22.8. The standard InChI is InChI=1S/C30H31F3N6O2/c1-37-19-35-36-27(37)13-29(17-41-18-29)22-5-2-6-23(12-22)39-16-25-24(28(39)40)10-21(11-26(25)30(31,32)33)15-38-9-3-4-20(14-38)7-8-34/h2,5-6,10-12,19-20H,3-4,7,9,13-18H2,1H3. The number of piperidine rings is 1. The molecule has 0 saturated carbocycles. The summed E-state index contributed by atoms with van der Waals surface area (Å²) in [7, 11) is 1.88. The minimum absolute atomic E-state index is 0.0124. The van der Waals surface area contributed by atoms with Crippen molar-refractivity contribution < 1.29 is 22.7 Å². The molecule has 1 atom stereocenters. The van der Waals surface area contributed by atoms with Gasteiger partial charge in [-0.2, -0.15) is 18.4 Å². The van der Waals surface area contributed by atoms with Crippen molar-refractivity contribution in [3.8, 4) is 6.07 Å². The Labute approximate surface area is 236 Å². The number of carbonyl (C=O) groups is 1. The number of fused-ring (bicyclic) bond motifs is 1. The molecule has 11 heteroatoms. The quantitative estimate of drug-likeness (QED) is 0.416. The lowest BCUT2D eigenvalue weighted by Crippen LogP contribution is -2.49. The third-order valence-corrected chi connectivity index (χ3v) is 8.62. The summed E-state index contributed by atoms with van der Waals surface area (Å²) in [6, 6.07) is 12.5. The molecule has 0 N–H and O–H groups in total. The number of likely N-dealkylation sites (tertiary alicyclic amines) is 1. The lowest BCUT2D eigenvalue weighted by molar-refractivity contribution is -0.138. The normalized spacial score (nSPS) is 20.5. The van der Waals surface area contributed by atoms with Gasteiger partial charge in [0, 0.05) is 49.6 Å². The van der Waals surface area contributed by atoms with Crippen LogP contribution in [-0.4, -0.2) is 51.9 Å². The predicted molar refractivity (Wildman–Crippen MR) is 144 cm³/mol. The molecule has 2 fully saturated rings. The van der Waals surface area contributed by atoms with Gasteiger partial charge in [0.25, 0.3) is 5.91 Å². The summed E-state index contributed by atoms with van der Waals surface area (Å²) in [5.41, 5.74) is 0.972. The van der Waals surface area contributed by atoms with E-state index in [1.54, 1.807) is 18.5 Å². The van der Waals surface area contributed by atoms with Crippen molar-refractivity contribution in [3.05, 3.63) is 76.4 Å². The predicted octanol–water partition coefficient (Wildman–Crippen LogP) is 4.63. The number of anilines is 1. The molecule has 2 aromatic carbocycles. The number of nitriles is 1. The number of aromatic nitrogens is 3. The van der Waals surface area contributed by atoms with Crippen molar-refractivity contribution in [1.29, 1.82) is 5.26 Å². The molecule has 2 saturated heterocycles. The van der Waals surface area contributed by atoms with E-state index >= 15 is 0 Å². The molecule has 0 radical (unpaired) electrons. The van der Waals surface area contributed by atoms with Crippen LogP contribution in [0.3, 0.4) is 0 Å². The number of aryl methyl sites for hydroxylation is 1. The van der Waals surface area contributed by atoms with Gasteiger partial charge in [-0.1, -0.05) is 12.1 Å². The Hall–Kier alpha value is -3.75. The fourth-order valence-corrected chi connectivity index (χ4v) is 6.36. The van der Waals surface area contributed by atoms with Crippen LogP contribution in [0.2, 0.25) is 0 Å². The van der Waals surface area contributed by atoms with Crippen LogP contribution in [-0.2, 0) is 42.9 Å². The molecule has 1 aromatic heterocycles. The van der Waals surface area contributed by atoms with Crippen molar-refractivity contribution in [2.75, 3.05) is 31.2 Å². The van der Waals surface area contributed by atoms with Crippen LogP contribution in [0.5, 0.6) is 0 Å². The topological polar surface area (TPSA) is 87.3 Å². The van der Waals surface area contributed by atoms with Crippen molar-refractivity contribution in [3.63, 3.8) is 0 Å². The smallest absolute Gasteiger partial charge is 0.379 e. The van der Waals surface area contributed by atoms with Gasteiger partial charge in [-0.05, 0) is 66.3 Å². The zero-order valence-corrected chi connectivity index (χ0v) is 22.8. The largest absolute Gasteiger partial charge is 0.416 e. The van der Waals surface area contributed by atoms with E-state index in [0.29, 0.717) is 50.4 Å². The number of hydrogen-bond donors (Lipinski definition) is 0. The first-order valence-corrected chi connectivity index (χ1v) is 13.8. The van der Waals surface area contributed by atoms with Gasteiger partial charge in [-0.15, -0.1) is 10.2 Å². The van der Waals surface area contributed by atoms with Gasteiger partial charge in [-0.25, -0.2) is 0 Å². The number of rotatable bonds is 7. The molecule has 8 nitrogen and oxygen atoms in total. The molecule has 214 valence electrons. The van der Waals surface area contributed by atoms with Gasteiger partial charge < -0.3 is 14.2 Å². The Kier molecular flexibility index (Phi) is 7.08. The second-order valence-corrected chi connectivity index (χ2v) is 11.5. The van der Waals surface area contributed by atoms with Gasteiger partial charge in [0.15, 0.2) is 0 Å². The summed E-state index contributed by atoms with van der Waals surface area (Å²) < 4.78 is 50.3. The number of halogens is 3. The number of hydrogen-bond acceptors (Lipinski definition) is 6. The fraction of sp³-hybridized carbons (Fsp3) is 0.467. The van der Waals surface area contributed by atoms with Crippen molar-refractivity contribution in [2.45, 2.75) is 50.4 Å². The third kappa shape index (κ3) is 5.22. The number of amides is 1. The first-order valence-electron chi connectivity index (χ1n) is 13.8. The first kappa shape index (κ1) is 27.4. The Morgan fingerprint density at radius 3 is 2.73 bits per heavy atom. The monoisotopic (exact) mass is 564 g/mol. The second-order valence-electron chi connectivity index (χ2n) is 11.5. The second kappa shape index (κ2) is 10.6. The minimum Gasteiger partial charge on any atom is -0.379 e. The number of carbonyl (C=O) groups excluding carboxylic acids is 1. The maximum atomic E-state index is 14.3. The molecule has 0 bridgehead atoms. The van der Waals surface area contributed by atoms with Crippen LogP contribution in [0.25, 0.3) is 0 Å². The van der Waals surface area contributed by atoms with Crippen LogP contribution in [0, 0.1) is 17.2 Å². The molecular formula is C30H31F3N6O2. The highest BCUT2D eigenvalue weighted by atomic mass is 19.4. The summed E-state index contributed by atoms with van der Waals surface area (Å²) in [5, 5.41) is 17.3. The highest BCUT2D eigenvalue weighted by molar-refractivity contribution is 6.10. The summed E-state index contributed by atoms with van der Waals surface area (Å²) in [6.45, 7) is 2.54.